The van der Waals surface area contributed by atoms with Crippen LogP contribution in [0, 0.1) is 11.6 Å². The maximum Gasteiger partial charge on any atom is 0.336 e. The molecule has 2 aromatic rings. The van der Waals surface area contributed by atoms with Crippen molar-refractivity contribution in [3.8, 4) is 0 Å². The van der Waals surface area contributed by atoms with Crippen molar-refractivity contribution in [1.82, 2.24) is 0 Å². The fourth-order valence-electron chi connectivity index (χ4n) is 1.37. The lowest BCUT2D eigenvalue weighted by atomic mass is 10.3. The molecule has 2 N–H and O–H groups in total. The maximum atomic E-state index is 13.5. The number of hydrogen-bond donors (Lipinski definition) is 2. The Balaban J connectivity index is 2.37. The Morgan fingerprint density at radius 3 is 2.48 bits per heavy atom. The minimum absolute atomic E-state index is 0.112. The molecule has 0 amide bonds. The summed E-state index contributed by atoms with van der Waals surface area (Å²) >= 11 is 3.49. The minimum Gasteiger partial charge on any atom is -0.478 e. The van der Waals surface area contributed by atoms with Crippen LogP contribution in [0.2, 0.25) is 0 Å². The van der Waals surface area contributed by atoms with Gasteiger partial charge in [0.25, 0.3) is 10.0 Å². The van der Waals surface area contributed by atoms with Gasteiger partial charge in [0.2, 0.25) is 0 Å². The Morgan fingerprint density at radius 2 is 1.90 bits per heavy atom. The molecular weight excluding hydrogens is 392 g/mol. The normalized spacial score (nSPS) is 11.4. The molecule has 21 heavy (non-hydrogen) atoms. The van der Waals surface area contributed by atoms with E-state index in [4.69, 9.17) is 5.11 Å². The quantitative estimate of drug-likeness (QED) is 0.775. The van der Waals surface area contributed by atoms with E-state index in [1.54, 1.807) is 0 Å². The van der Waals surface area contributed by atoms with E-state index < -0.39 is 33.3 Å². The molecule has 0 spiro atoms. The van der Waals surface area contributed by atoms with Gasteiger partial charge in [0.1, 0.15) is 15.8 Å². The number of halogens is 3. The largest absolute Gasteiger partial charge is 0.478 e. The number of carboxylic acids is 1. The number of nitrogens with one attached hydrogen (secondary N) is 1. The summed E-state index contributed by atoms with van der Waals surface area (Å²) in [5.74, 6) is -3.24. The standard InChI is InChI=1S/C11H6BrF2NO4S2/c12-6-2-9(8(14)3-7(6)13)15-21(18,19)10-1-5(4-20-10)11(16)17/h1-4,15H,(H,16,17). The average molecular weight is 398 g/mol. The molecule has 1 aromatic carbocycles. The maximum absolute atomic E-state index is 13.5. The van der Waals surface area contributed by atoms with Gasteiger partial charge in [0.15, 0.2) is 0 Å². The fourth-order valence-corrected chi connectivity index (χ4v) is 3.92. The van der Waals surface area contributed by atoms with Crippen LogP contribution >= 0.6 is 27.3 Å². The second-order valence-electron chi connectivity index (χ2n) is 3.81. The summed E-state index contributed by atoms with van der Waals surface area (Å²) in [6.45, 7) is 0. The zero-order valence-electron chi connectivity index (χ0n) is 9.93. The van der Waals surface area contributed by atoms with Crippen molar-refractivity contribution < 1.29 is 27.1 Å². The van der Waals surface area contributed by atoms with Gasteiger partial charge in [0, 0.05) is 11.4 Å². The number of carboxylic acid groups (broad SMARTS) is 1. The predicted octanol–water partition coefficient (Wildman–Crippen LogP) is 3.29. The molecule has 0 unspecified atom stereocenters. The van der Waals surface area contributed by atoms with Crippen LogP contribution < -0.4 is 4.72 Å². The van der Waals surface area contributed by atoms with E-state index in [1.807, 2.05) is 4.72 Å². The number of aromatic carboxylic acids is 1. The zero-order chi connectivity index (χ0) is 15.8. The van der Waals surface area contributed by atoms with Gasteiger partial charge >= 0.3 is 5.97 Å². The SMILES string of the molecule is O=C(O)c1csc(S(=O)(=O)Nc2cc(Br)c(F)cc2F)c1. The molecule has 0 fully saturated rings. The first-order valence-corrected chi connectivity index (χ1v) is 8.35. The van der Waals surface area contributed by atoms with Gasteiger partial charge in [-0.2, -0.15) is 0 Å². The fraction of sp³-hybridized carbons (Fsp3) is 0. The van der Waals surface area contributed by atoms with Crippen LogP contribution in [0.1, 0.15) is 10.4 Å². The first kappa shape index (κ1) is 15.9. The van der Waals surface area contributed by atoms with Gasteiger partial charge in [-0.15, -0.1) is 11.3 Å². The molecule has 2 rings (SSSR count). The van der Waals surface area contributed by atoms with Crippen LogP contribution in [0.15, 0.2) is 32.3 Å². The second kappa shape index (κ2) is 5.70. The molecular formula is C11H6BrF2NO4S2. The zero-order valence-corrected chi connectivity index (χ0v) is 13.2. The molecule has 112 valence electrons. The van der Waals surface area contributed by atoms with Crippen LogP contribution in [-0.4, -0.2) is 19.5 Å². The number of anilines is 1. The molecule has 10 heteroatoms. The van der Waals surface area contributed by atoms with Crippen LogP contribution in [0.3, 0.4) is 0 Å². The van der Waals surface area contributed by atoms with Gasteiger partial charge < -0.3 is 5.11 Å². The van der Waals surface area contributed by atoms with Gasteiger partial charge in [-0.1, -0.05) is 0 Å². The number of carbonyl (C=O) groups is 1. The van der Waals surface area contributed by atoms with E-state index in [2.05, 4.69) is 15.9 Å². The average Bonchev–Trinajstić information content (AvgIpc) is 2.86. The lowest BCUT2D eigenvalue weighted by molar-refractivity contribution is 0.0697. The number of thiophene rings is 1. The molecule has 0 aliphatic rings. The Hall–Kier alpha value is -1.52. The van der Waals surface area contributed by atoms with Gasteiger partial charge in [-0.05, 0) is 28.1 Å². The van der Waals surface area contributed by atoms with Crippen molar-refractivity contribution in [2.24, 2.45) is 0 Å². The summed E-state index contributed by atoms with van der Waals surface area (Å²) in [7, 11) is -4.16. The van der Waals surface area contributed by atoms with E-state index in [9.17, 15) is 22.0 Å². The van der Waals surface area contributed by atoms with Crippen LogP contribution in [0.4, 0.5) is 14.5 Å². The number of benzene rings is 1. The van der Waals surface area contributed by atoms with Crippen molar-refractivity contribution in [1.29, 1.82) is 0 Å². The van der Waals surface area contributed by atoms with Crippen molar-refractivity contribution in [2.45, 2.75) is 4.21 Å². The Labute approximate surface area is 130 Å². The molecule has 1 heterocycles. The highest BCUT2D eigenvalue weighted by molar-refractivity contribution is 9.10. The topological polar surface area (TPSA) is 83.5 Å². The molecule has 0 aliphatic carbocycles. The van der Waals surface area contributed by atoms with E-state index in [-0.39, 0.29) is 14.2 Å². The van der Waals surface area contributed by atoms with E-state index in [0.717, 1.165) is 17.5 Å². The third kappa shape index (κ3) is 3.39. The first-order chi connectivity index (χ1) is 9.70. The smallest absolute Gasteiger partial charge is 0.336 e. The van der Waals surface area contributed by atoms with E-state index in [1.165, 1.54) is 0 Å². The number of hydrogen-bond acceptors (Lipinski definition) is 4. The first-order valence-electron chi connectivity index (χ1n) is 5.20. The highest BCUT2D eigenvalue weighted by atomic mass is 79.9. The van der Waals surface area contributed by atoms with Crippen LogP contribution in [0.5, 0.6) is 0 Å². The molecule has 5 nitrogen and oxygen atoms in total. The van der Waals surface area contributed by atoms with E-state index >= 15 is 0 Å². The number of sulfonamides is 1. The summed E-state index contributed by atoms with van der Waals surface area (Å²) in [5, 5.41) is 9.89. The van der Waals surface area contributed by atoms with E-state index in [0.29, 0.717) is 17.4 Å². The molecule has 0 radical (unpaired) electrons. The van der Waals surface area contributed by atoms with Crippen molar-refractivity contribution in [2.75, 3.05) is 4.72 Å². The third-order valence-electron chi connectivity index (χ3n) is 2.34. The lowest BCUT2D eigenvalue weighted by Gasteiger charge is -2.08. The molecule has 0 atom stereocenters. The highest BCUT2D eigenvalue weighted by Gasteiger charge is 2.21. The summed E-state index contributed by atoms with van der Waals surface area (Å²) < 4.78 is 52.2. The van der Waals surface area contributed by atoms with Crippen molar-refractivity contribution >= 4 is 48.9 Å². The van der Waals surface area contributed by atoms with Gasteiger partial charge in [-0.3, -0.25) is 4.72 Å². The lowest BCUT2D eigenvalue weighted by Crippen LogP contribution is -2.13. The third-order valence-corrected chi connectivity index (χ3v) is 5.75. The van der Waals surface area contributed by atoms with Crippen molar-refractivity contribution in [3.05, 3.63) is 45.2 Å². The summed E-state index contributed by atoms with van der Waals surface area (Å²) in [6.07, 6.45) is 0. The van der Waals surface area contributed by atoms with Crippen molar-refractivity contribution in [3.63, 3.8) is 0 Å². The Bertz CT molecular complexity index is 820. The Morgan fingerprint density at radius 1 is 1.24 bits per heavy atom. The highest BCUT2D eigenvalue weighted by Crippen LogP contribution is 2.27. The molecule has 0 saturated heterocycles. The minimum atomic E-state index is -4.16. The summed E-state index contributed by atoms with van der Waals surface area (Å²) in [4.78, 5) is 10.7. The van der Waals surface area contributed by atoms with Crippen LogP contribution in [-0.2, 0) is 10.0 Å². The Kier molecular flexibility index (Phi) is 4.30. The van der Waals surface area contributed by atoms with Crippen LogP contribution in [0.25, 0.3) is 0 Å². The second-order valence-corrected chi connectivity index (χ2v) is 7.49. The summed E-state index contributed by atoms with van der Waals surface area (Å²) in [6, 6.07) is 2.42. The molecule has 0 aliphatic heterocycles. The summed E-state index contributed by atoms with van der Waals surface area (Å²) in [5.41, 5.74) is -0.644. The molecule has 0 bridgehead atoms. The molecule has 1 aromatic heterocycles. The number of rotatable bonds is 4. The van der Waals surface area contributed by atoms with Gasteiger partial charge in [0.05, 0.1) is 15.7 Å². The monoisotopic (exact) mass is 397 g/mol. The predicted molar refractivity (Wildman–Crippen MR) is 76.1 cm³/mol. The molecule has 0 saturated carbocycles. The van der Waals surface area contributed by atoms with Gasteiger partial charge in [-0.25, -0.2) is 22.0 Å².